The first-order valence-electron chi connectivity index (χ1n) is 7.48. The molecule has 1 heterocycles. The number of nitrogens with one attached hydrogen (secondary N) is 1. The Balaban J connectivity index is 0.00000242. The molecule has 22 heavy (non-hydrogen) atoms. The summed E-state index contributed by atoms with van der Waals surface area (Å²) in [6.07, 6.45) is 3.89. The van der Waals surface area contributed by atoms with Gasteiger partial charge in [-0.3, -0.25) is 4.79 Å². The maximum absolute atomic E-state index is 12.9. The van der Waals surface area contributed by atoms with Gasteiger partial charge in [-0.15, -0.1) is 12.4 Å². The lowest BCUT2D eigenvalue weighted by molar-refractivity contribution is -0.127. The predicted octanol–water partition coefficient (Wildman–Crippen LogP) is 3.11. The molecule has 122 valence electrons. The summed E-state index contributed by atoms with van der Waals surface area (Å²) in [5, 5.41) is 3.18. The zero-order valence-electron chi connectivity index (χ0n) is 13.1. The third-order valence-corrected chi connectivity index (χ3v) is 3.96. The number of carbonyl (C=O) groups excluding carboxylic acids is 1. The van der Waals surface area contributed by atoms with Crippen LogP contribution in [-0.4, -0.2) is 37.5 Å². The fourth-order valence-electron chi connectivity index (χ4n) is 2.79. The highest BCUT2D eigenvalue weighted by Gasteiger charge is 2.22. The number of likely N-dealkylation sites (tertiary alicyclic amines) is 1. The van der Waals surface area contributed by atoms with Gasteiger partial charge in [0.1, 0.15) is 5.82 Å². The SMILES string of the molecule is CNCC1CCCN(C(=O)/C=C(/C)c2ccc(F)cc2)C1.Cl. The van der Waals surface area contributed by atoms with Gasteiger partial charge in [-0.05, 0) is 62.5 Å². The smallest absolute Gasteiger partial charge is 0.246 e. The van der Waals surface area contributed by atoms with Crippen LogP contribution >= 0.6 is 12.4 Å². The Bertz CT molecular complexity index is 514. The van der Waals surface area contributed by atoms with Crippen LogP contribution in [0.2, 0.25) is 0 Å². The number of rotatable bonds is 4. The van der Waals surface area contributed by atoms with E-state index in [1.807, 2.05) is 18.9 Å². The molecule has 0 saturated carbocycles. The van der Waals surface area contributed by atoms with E-state index in [4.69, 9.17) is 0 Å². The minimum absolute atomic E-state index is 0. The number of halogens is 2. The van der Waals surface area contributed by atoms with Crippen molar-refractivity contribution in [1.82, 2.24) is 10.2 Å². The Morgan fingerprint density at radius 1 is 1.41 bits per heavy atom. The second-order valence-corrected chi connectivity index (χ2v) is 5.68. The van der Waals surface area contributed by atoms with E-state index in [0.29, 0.717) is 5.92 Å². The number of hydrogen-bond acceptors (Lipinski definition) is 2. The molecule has 0 radical (unpaired) electrons. The lowest BCUT2D eigenvalue weighted by Gasteiger charge is -2.32. The fourth-order valence-corrected chi connectivity index (χ4v) is 2.79. The van der Waals surface area contributed by atoms with E-state index in [2.05, 4.69) is 5.32 Å². The lowest BCUT2D eigenvalue weighted by atomic mass is 9.97. The molecule has 0 aliphatic carbocycles. The van der Waals surface area contributed by atoms with E-state index in [0.717, 1.165) is 37.2 Å². The molecular weight excluding hydrogens is 303 g/mol. The first-order chi connectivity index (χ1) is 10.1. The molecule has 1 saturated heterocycles. The average molecular weight is 327 g/mol. The Labute approximate surface area is 138 Å². The molecule has 1 N–H and O–H groups in total. The van der Waals surface area contributed by atoms with Crippen LogP contribution in [0.5, 0.6) is 0 Å². The predicted molar refractivity (Wildman–Crippen MR) is 90.5 cm³/mol. The Morgan fingerprint density at radius 2 is 2.09 bits per heavy atom. The second-order valence-electron chi connectivity index (χ2n) is 5.68. The molecule has 2 rings (SSSR count). The third-order valence-electron chi connectivity index (χ3n) is 3.96. The van der Waals surface area contributed by atoms with Gasteiger partial charge in [0.15, 0.2) is 0 Å². The summed E-state index contributed by atoms with van der Waals surface area (Å²) < 4.78 is 12.9. The van der Waals surface area contributed by atoms with Gasteiger partial charge in [-0.2, -0.15) is 0 Å². The summed E-state index contributed by atoms with van der Waals surface area (Å²) in [6, 6.07) is 6.24. The van der Waals surface area contributed by atoms with Gasteiger partial charge < -0.3 is 10.2 Å². The lowest BCUT2D eigenvalue weighted by Crippen LogP contribution is -2.41. The second kappa shape index (κ2) is 8.91. The number of carbonyl (C=O) groups is 1. The highest BCUT2D eigenvalue weighted by Crippen LogP contribution is 2.18. The van der Waals surface area contributed by atoms with E-state index in [1.54, 1.807) is 18.2 Å². The molecule has 1 aromatic rings. The van der Waals surface area contributed by atoms with Crippen molar-refractivity contribution in [3.8, 4) is 0 Å². The molecule has 0 aromatic heterocycles. The molecule has 1 aromatic carbocycles. The van der Waals surface area contributed by atoms with Gasteiger partial charge >= 0.3 is 0 Å². The van der Waals surface area contributed by atoms with Crippen LogP contribution in [-0.2, 0) is 4.79 Å². The number of benzene rings is 1. The highest BCUT2D eigenvalue weighted by atomic mass is 35.5. The average Bonchev–Trinajstić information content (AvgIpc) is 2.48. The van der Waals surface area contributed by atoms with Crippen LogP contribution in [0, 0.1) is 11.7 Å². The van der Waals surface area contributed by atoms with Gasteiger partial charge in [0.05, 0.1) is 0 Å². The summed E-state index contributed by atoms with van der Waals surface area (Å²) in [7, 11) is 1.94. The molecule has 1 atom stereocenters. The zero-order valence-corrected chi connectivity index (χ0v) is 14.0. The molecule has 0 spiro atoms. The molecule has 0 bridgehead atoms. The normalized spacial score (nSPS) is 18.8. The Kier molecular flexibility index (Phi) is 7.56. The summed E-state index contributed by atoms with van der Waals surface area (Å²) >= 11 is 0. The summed E-state index contributed by atoms with van der Waals surface area (Å²) in [5.74, 6) is 0.327. The van der Waals surface area contributed by atoms with E-state index >= 15 is 0 Å². The molecule has 1 aliphatic heterocycles. The van der Waals surface area contributed by atoms with Crippen LogP contribution < -0.4 is 5.32 Å². The molecule has 1 amide bonds. The number of allylic oxidation sites excluding steroid dienone is 1. The number of amides is 1. The van der Waals surface area contributed by atoms with Crippen molar-refractivity contribution in [2.75, 3.05) is 26.7 Å². The van der Waals surface area contributed by atoms with E-state index in [9.17, 15) is 9.18 Å². The quantitative estimate of drug-likeness (QED) is 0.862. The van der Waals surface area contributed by atoms with Crippen molar-refractivity contribution < 1.29 is 9.18 Å². The van der Waals surface area contributed by atoms with Crippen LogP contribution in [0.3, 0.4) is 0 Å². The van der Waals surface area contributed by atoms with E-state index < -0.39 is 0 Å². The van der Waals surface area contributed by atoms with Gasteiger partial charge in [0.2, 0.25) is 5.91 Å². The van der Waals surface area contributed by atoms with Gasteiger partial charge in [0.25, 0.3) is 0 Å². The van der Waals surface area contributed by atoms with Crippen molar-refractivity contribution >= 4 is 23.9 Å². The molecule has 3 nitrogen and oxygen atoms in total. The van der Waals surface area contributed by atoms with Crippen molar-refractivity contribution in [3.63, 3.8) is 0 Å². The van der Waals surface area contributed by atoms with Crippen LogP contribution in [0.15, 0.2) is 30.3 Å². The van der Waals surface area contributed by atoms with Crippen molar-refractivity contribution in [2.45, 2.75) is 19.8 Å². The minimum Gasteiger partial charge on any atom is -0.339 e. The van der Waals surface area contributed by atoms with Crippen LogP contribution in [0.4, 0.5) is 4.39 Å². The summed E-state index contributed by atoms with van der Waals surface area (Å²) in [4.78, 5) is 14.3. The number of hydrogen-bond donors (Lipinski definition) is 1. The first-order valence-corrected chi connectivity index (χ1v) is 7.48. The summed E-state index contributed by atoms with van der Waals surface area (Å²) in [5.41, 5.74) is 1.75. The van der Waals surface area contributed by atoms with Gasteiger partial charge in [-0.25, -0.2) is 4.39 Å². The van der Waals surface area contributed by atoms with Crippen molar-refractivity contribution in [1.29, 1.82) is 0 Å². The molecular formula is C17H24ClFN2O. The third kappa shape index (κ3) is 5.11. The van der Waals surface area contributed by atoms with Crippen LogP contribution in [0.1, 0.15) is 25.3 Å². The standard InChI is InChI=1S/C17H23FN2O.ClH/c1-13(15-5-7-16(18)8-6-15)10-17(21)20-9-3-4-14(12-20)11-19-2;/h5-8,10,14,19H,3-4,9,11-12H2,1-2H3;1H/b13-10-;. The van der Waals surface area contributed by atoms with Gasteiger partial charge in [0, 0.05) is 19.2 Å². The van der Waals surface area contributed by atoms with Crippen LogP contribution in [0.25, 0.3) is 5.57 Å². The number of piperidine rings is 1. The van der Waals surface area contributed by atoms with E-state index in [-0.39, 0.29) is 24.1 Å². The van der Waals surface area contributed by atoms with E-state index in [1.165, 1.54) is 18.6 Å². The Hall–Kier alpha value is -1.39. The topological polar surface area (TPSA) is 32.3 Å². The minimum atomic E-state index is -0.260. The Morgan fingerprint density at radius 3 is 2.73 bits per heavy atom. The largest absolute Gasteiger partial charge is 0.339 e. The molecule has 1 unspecified atom stereocenters. The van der Waals surface area contributed by atoms with Crippen molar-refractivity contribution in [3.05, 3.63) is 41.7 Å². The summed E-state index contributed by atoms with van der Waals surface area (Å²) in [6.45, 7) is 4.48. The maximum atomic E-state index is 12.9. The first kappa shape index (κ1) is 18.7. The monoisotopic (exact) mass is 326 g/mol. The zero-order chi connectivity index (χ0) is 15.2. The highest BCUT2D eigenvalue weighted by molar-refractivity contribution is 5.94. The fraction of sp³-hybridized carbons (Fsp3) is 0.471. The molecule has 1 aliphatic rings. The molecule has 1 fully saturated rings. The van der Waals surface area contributed by atoms with Gasteiger partial charge in [-0.1, -0.05) is 12.1 Å². The van der Waals surface area contributed by atoms with Crippen molar-refractivity contribution in [2.24, 2.45) is 5.92 Å². The number of nitrogens with zero attached hydrogens (tertiary/aromatic N) is 1. The maximum Gasteiger partial charge on any atom is 0.246 e. The molecule has 5 heteroatoms.